The Labute approximate surface area is 457 Å². The quantitative estimate of drug-likeness (QED) is 0.124. The molecule has 13 aromatic rings. The summed E-state index contributed by atoms with van der Waals surface area (Å²) in [6.07, 6.45) is 1.83. The fraction of sp³-hybridized carbons (Fsp3) is 0.135. The fourth-order valence-electron chi connectivity index (χ4n) is 12.5. The molecule has 0 aliphatic carbocycles. The smallest absolute Gasteiger partial charge is 0.159 e. The molecule has 4 heteroatoms. The molecule has 0 amide bonds. The van der Waals surface area contributed by atoms with E-state index in [9.17, 15) is 5.11 Å². The summed E-state index contributed by atoms with van der Waals surface area (Å²) in [5, 5.41) is 22.1. The van der Waals surface area contributed by atoms with Gasteiger partial charge in [0.05, 0.1) is 22.7 Å². The number of aromatic hydroxyl groups is 1. The van der Waals surface area contributed by atoms with Crippen molar-refractivity contribution < 1.29 is 9.52 Å². The Kier molecular flexibility index (Phi) is 12.1. The maximum absolute atomic E-state index is 12.8. The molecular weight excluding hydrogens is 949 g/mol. The predicted octanol–water partition coefficient (Wildman–Crippen LogP) is 21.3. The Balaban J connectivity index is 1.07. The number of phenols is 1. The molecule has 0 atom stereocenters. The number of hydrogen-bond donors (Lipinski definition) is 1. The van der Waals surface area contributed by atoms with Crippen molar-refractivity contribution in [1.82, 2.24) is 0 Å². The molecular formula is C74H62N2O2. The van der Waals surface area contributed by atoms with Gasteiger partial charge in [0.1, 0.15) is 11.3 Å². The lowest BCUT2D eigenvalue weighted by Crippen LogP contribution is -2.13. The fourth-order valence-corrected chi connectivity index (χ4v) is 12.5. The first-order valence-electron chi connectivity index (χ1n) is 27.6. The third-order valence-corrected chi connectivity index (χ3v) is 16.4. The zero-order valence-electron chi connectivity index (χ0n) is 45.4. The Morgan fingerprint density at radius 2 is 0.987 bits per heavy atom. The lowest BCUT2D eigenvalue weighted by Gasteiger charge is -2.31. The monoisotopic (exact) mass is 1010 g/mol. The molecule has 0 bridgehead atoms. The summed E-state index contributed by atoms with van der Waals surface area (Å²) >= 11 is 0. The van der Waals surface area contributed by atoms with E-state index < -0.39 is 0 Å². The highest BCUT2D eigenvalue weighted by Crippen LogP contribution is 2.53. The van der Waals surface area contributed by atoms with Crippen LogP contribution in [-0.4, -0.2) is 5.11 Å². The average molecular weight is 1010 g/mol. The minimum absolute atomic E-state index is 0.202. The van der Waals surface area contributed by atoms with Crippen molar-refractivity contribution in [1.29, 1.82) is 0 Å². The molecule has 0 fully saturated rings. The summed E-state index contributed by atoms with van der Waals surface area (Å²) in [5.74, 6) is 0.425. The average Bonchev–Trinajstić information content (AvgIpc) is 4.02. The molecule has 12 aromatic carbocycles. The van der Waals surface area contributed by atoms with Crippen LogP contribution in [0.15, 0.2) is 217 Å². The number of benzene rings is 12. The van der Waals surface area contributed by atoms with Gasteiger partial charge in [0.15, 0.2) is 5.58 Å². The van der Waals surface area contributed by atoms with Crippen molar-refractivity contribution in [3.8, 4) is 39.1 Å². The van der Waals surface area contributed by atoms with Crippen molar-refractivity contribution in [3.63, 3.8) is 0 Å². The maximum Gasteiger partial charge on any atom is 0.159 e. The maximum atomic E-state index is 12.8. The Bertz CT molecular complexity index is 4460. The van der Waals surface area contributed by atoms with Crippen LogP contribution in [0.2, 0.25) is 0 Å². The van der Waals surface area contributed by atoms with Crippen LogP contribution >= 0.6 is 0 Å². The van der Waals surface area contributed by atoms with Gasteiger partial charge in [-0.1, -0.05) is 185 Å². The van der Waals surface area contributed by atoms with Crippen LogP contribution in [0.5, 0.6) is 5.75 Å². The van der Waals surface area contributed by atoms with Crippen molar-refractivity contribution in [2.24, 2.45) is 0 Å². The lowest BCUT2D eigenvalue weighted by molar-refractivity contribution is 0.478. The number of aryl methyl sites for hydroxylation is 5. The minimum atomic E-state index is 0.202. The van der Waals surface area contributed by atoms with Crippen LogP contribution < -0.4 is 9.80 Å². The molecule has 0 aliphatic rings. The van der Waals surface area contributed by atoms with Crippen molar-refractivity contribution in [2.45, 2.75) is 67.2 Å². The van der Waals surface area contributed by atoms with Crippen molar-refractivity contribution in [3.05, 3.63) is 246 Å². The Hall–Kier alpha value is -9.12. The Morgan fingerprint density at radius 3 is 1.74 bits per heavy atom. The minimum Gasteiger partial charge on any atom is -0.505 e. The predicted molar refractivity (Wildman–Crippen MR) is 332 cm³/mol. The van der Waals surface area contributed by atoms with E-state index in [1.54, 1.807) is 0 Å². The normalized spacial score (nSPS) is 11.8. The first-order valence-corrected chi connectivity index (χ1v) is 27.6. The zero-order chi connectivity index (χ0) is 53.3. The van der Waals surface area contributed by atoms with Gasteiger partial charge in [-0.15, -0.1) is 0 Å². The molecule has 78 heavy (non-hydrogen) atoms. The van der Waals surface area contributed by atoms with Gasteiger partial charge >= 0.3 is 0 Å². The second-order valence-electron chi connectivity index (χ2n) is 21.5. The van der Waals surface area contributed by atoms with Gasteiger partial charge in [-0.3, -0.25) is 0 Å². The largest absolute Gasteiger partial charge is 0.505 e. The highest BCUT2D eigenvalue weighted by Gasteiger charge is 2.28. The molecule has 0 spiro atoms. The Morgan fingerprint density at radius 1 is 0.410 bits per heavy atom. The third kappa shape index (κ3) is 7.97. The lowest BCUT2D eigenvalue weighted by atomic mass is 9.85. The van der Waals surface area contributed by atoms with Gasteiger partial charge in [0.25, 0.3) is 0 Å². The molecule has 0 saturated carbocycles. The van der Waals surface area contributed by atoms with Gasteiger partial charge in [-0.25, -0.2) is 0 Å². The molecule has 1 N–H and O–H groups in total. The van der Waals surface area contributed by atoms with Crippen molar-refractivity contribution >= 4 is 88.4 Å². The molecule has 380 valence electrons. The van der Waals surface area contributed by atoms with E-state index in [4.69, 9.17) is 4.42 Å². The first kappa shape index (κ1) is 48.5. The highest BCUT2D eigenvalue weighted by molar-refractivity contribution is 6.30. The number of hydrogen-bond acceptors (Lipinski definition) is 4. The molecule has 13 rings (SSSR count). The number of anilines is 6. The summed E-state index contributed by atoms with van der Waals surface area (Å²) in [6.45, 7) is 15.6. The van der Waals surface area contributed by atoms with E-state index in [-0.39, 0.29) is 11.7 Å². The zero-order valence-corrected chi connectivity index (χ0v) is 45.4. The molecule has 0 unspecified atom stereocenters. The van der Waals surface area contributed by atoms with E-state index in [1.165, 1.54) is 54.9 Å². The topological polar surface area (TPSA) is 39.9 Å². The molecule has 1 heterocycles. The summed E-state index contributed by atoms with van der Waals surface area (Å²) in [7, 11) is 0. The molecule has 0 radical (unpaired) electrons. The van der Waals surface area contributed by atoms with Crippen LogP contribution in [0.1, 0.15) is 67.0 Å². The number of rotatable bonds is 12. The molecule has 1 aromatic heterocycles. The highest BCUT2D eigenvalue weighted by atomic mass is 16.3. The first-order chi connectivity index (χ1) is 38.1. The summed E-state index contributed by atoms with van der Waals surface area (Å²) < 4.78 is 7.31. The molecule has 4 nitrogen and oxygen atoms in total. The van der Waals surface area contributed by atoms with E-state index in [1.807, 2.05) is 6.07 Å². The standard InChI is InChI=1S/C74H62N2O2/c1-8-49-22-15-27-54(42-49)76(67-35-19-33-62-61-32-17-31-60(73(61)78-74(62)67)57-29-13-11-23-50(57)9-2)69-44-65(45(3)4)59-37-39-63-68(41-48(7)56-36-38-64(69)71(59)70(56)63)75(53-26-14-20-46(5)40-53)66-34-18-30-58(72(66)77)52-25-16-24-51(43-52)55-28-12-10-21-47(55)6/h10-45,77H,8-9H2,1-7H3. The number of nitrogens with zero attached hydrogens (tertiary/aromatic N) is 2. The van der Waals surface area contributed by atoms with Crippen molar-refractivity contribution in [2.75, 3.05) is 9.80 Å². The van der Waals surface area contributed by atoms with E-state index in [0.29, 0.717) is 5.69 Å². The third-order valence-electron chi connectivity index (χ3n) is 16.4. The van der Waals surface area contributed by atoms with Crippen LogP contribution in [0.4, 0.5) is 34.1 Å². The molecule has 0 saturated heterocycles. The number of furan rings is 1. The number of phenolic OH excluding ortho intramolecular Hbond substituents is 1. The summed E-state index contributed by atoms with van der Waals surface area (Å²) in [4.78, 5) is 4.74. The van der Waals surface area contributed by atoms with Gasteiger partial charge < -0.3 is 19.3 Å². The van der Waals surface area contributed by atoms with E-state index in [0.717, 1.165) is 107 Å². The van der Waals surface area contributed by atoms with E-state index in [2.05, 4.69) is 265 Å². The van der Waals surface area contributed by atoms with Gasteiger partial charge in [0.2, 0.25) is 0 Å². The van der Waals surface area contributed by atoms with Gasteiger partial charge in [-0.05, 0) is 171 Å². The van der Waals surface area contributed by atoms with Crippen LogP contribution in [0.3, 0.4) is 0 Å². The van der Waals surface area contributed by atoms with Crippen LogP contribution in [0, 0.1) is 20.8 Å². The molecule has 0 aliphatic heterocycles. The summed E-state index contributed by atoms with van der Waals surface area (Å²) in [6, 6.07) is 76.9. The van der Waals surface area contributed by atoms with E-state index >= 15 is 0 Å². The van der Waals surface area contributed by atoms with Gasteiger partial charge in [-0.2, -0.15) is 0 Å². The van der Waals surface area contributed by atoms with Gasteiger partial charge in [0, 0.05) is 44.0 Å². The van der Waals surface area contributed by atoms with Crippen LogP contribution in [0.25, 0.3) is 87.6 Å². The number of para-hydroxylation sites is 3. The second kappa shape index (κ2) is 19.5. The second-order valence-corrected chi connectivity index (χ2v) is 21.5. The van der Waals surface area contributed by atoms with Crippen LogP contribution in [-0.2, 0) is 12.8 Å². The number of fused-ring (bicyclic) bond motifs is 3. The summed E-state index contributed by atoms with van der Waals surface area (Å²) in [5.41, 5.74) is 21.2. The SMILES string of the molecule is CCc1cccc(N(c2cc(C(C)C)c3ccc4c(N(c5cccc(C)c5)c5cccc(-c6cccc(-c7ccccc7C)c6)c5O)cc(C)c5ccc2c3c54)c2cccc3c2oc2c(-c4ccccc4CC)cccc23)c1.